The summed E-state index contributed by atoms with van der Waals surface area (Å²) in [7, 11) is 3.82. The van der Waals surface area contributed by atoms with Crippen LogP contribution in [0.15, 0.2) is 18.2 Å². The number of rotatable bonds is 3. The van der Waals surface area contributed by atoms with E-state index in [4.69, 9.17) is 16.3 Å². The SMILES string of the molecule is COc1ccc2c(c1)nc(CCl)n2N1CCN(C)CC1. The fraction of sp³-hybridized carbons (Fsp3) is 0.500. The maximum atomic E-state index is 6.07. The summed E-state index contributed by atoms with van der Waals surface area (Å²) in [4.78, 5) is 6.96. The first kappa shape index (κ1) is 13.5. The summed E-state index contributed by atoms with van der Waals surface area (Å²) in [6.07, 6.45) is 0. The highest BCUT2D eigenvalue weighted by Crippen LogP contribution is 2.23. The van der Waals surface area contributed by atoms with Gasteiger partial charge in [0.2, 0.25) is 0 Å². The van der Waals surface area contributed by atoms with E-state index in [0.717, 1.165) is 48.8 Å². The van der Waals surface area contributed by atoms with E-state index in [-0.39, 0.29) is 0 Å². The summed E-state index contributed by atoms with van der Waals surface area (Å²) in [5.74, 6) is 2.12. The van der Waals surface area contributed by atoms with Gasteiger partial charge in [-0.1, -0.05) is 0 Å². The number of alkyl halides is 1. The quantitative estimate of drug-likeness (QED) is 0.807. The predicted molar refractivity (Wildman–Crippen MR) is 81.3 cm³/mol. The smallest absolute Gasteiger partial charge is 0.143 e. The van der Waals surface area contributed by atoms with E-state index in [1.165, 1.54) is 0 Å². The molecule has 1 aliphatic rings. The highest BCUT2D eigenvalue weighted by Gasteiger charge is 2.19. The molecule has 0 radical (unpaired) electrons. The van der Waals surface area contributed by atoms with Gasteiger partial charge in [0.15, 0.2) is 0 Å². The van der Waals surface area contributed by atoms with Gasteiger partial charge in [-0.05, 0) is 19.2 Å². The molecule has 0 unspecified atom stereocenters. The fourth-order valence-corrected chi connectivity index (χ4v) is 2.80. The molecule has 1 fully saturated rings. The molecule has 6 heteroatoms. The molecule has 0 atom stereocenters. The molecule has 5 nitrogen and oxygen atoms in total. The van der Waals surface area contributed by atoms with Crippen molar-refractivity contribution in [3.63, 3.8) is 0 Å². The molecule has 2 aromatic rings. The maximum absolute atomic E-state index is 6.07. The molecule has 0 saturated carbocycles. The number of nitrogens with zero attached hydrogens (tertiary/aromatic N) is 4. The van der Waals surface area contributed by atoms with Crippen molar-refractivity contribution in [1.82, 2.24) is 14.6 Å². The molecular formula is C14H19ClN4O. The summed E-state index contributed by atoms with van der Waals surface area (Å²) >= 11 is 6.07. The molecule has 1 aromatic heterocycles. The van der Waals surface area contributed by atoms with Gasteiger partial charge in [0.05, 0.1) is 24.0 Å². The third kappa shape index (κ3) is 2.31. The van der Waals surface area contributed by atoms with Crippen LogP contribution in [0.3, 0.4) is 0 Å². The van der Waals surface area contributed by atoms with Crippen molar-refractivity contribution in [3.8, 4) is 5.75 Å². The second-order valence-electron chi connectivity index (χ2n) is 5.09. The molecule has 2 heterocycles. The number of hydrogen-bond donors (Lipinski definition) is 0. The first-order valence-electron chi connectivity index (χ1n) is 6.78. The molecule has 0 aliphatic carbocycles. The summed E-state index contributed by atoms with van der Waals surface area (Å²) in [5, 5.41) is 2.32. The lowest BCUT2D eigenvalue weighted by molar-refractivity contribution is 0.288. The molecule has 108 valence electrons. The van der Waals surface area contributed by atoms with Crippen LogP contribution in [-0.2, 0) is 5.88 Å². The standard InChI is InChI=1S/C14H19ClN4O/c1-17-5-7-18(8-6-17)19-13-4-3-11(20-2)9-12(13)16-14(19)10-15/h3-4,9H,5-8,10H2,1-2H3. The van der Waals surface area contributed by atoms with E-state index in [0.29, 0.717) is 5.88 Å². The van der Waals surface area contributed by atoms with Crippen LogP contribution in [0.2, 0.25) is 0 Å². The minimum atomic E-state index is 0.406. The van der Waals surface area contributed by atoms with Gasteiger partial charge in [-0.3, -0.25) is 0 Å². The second kappa shape index (κ2) is 5.50. The largest absolute Gasteiger partial charge is 0.497 e. The molecule has 1 aromatic carbocycles. The highest BCUT2D eigenvalue weighted by molar-refractivity contribution is 6.16. The van der Waals surface area contributed by atoms with Crippen LogP contribution >= 0.6 is 11.6 Å². The van der Waals surface area contributed by atoms with Crippen molar-refractivity contribution in [2.24, 2.45) is 0 Å². The van der Waals surface area contributed by atoms with Gasteiger partial charge in [-0.15, -0.1) is 11.6 Å². The number of aromatic nitrogens is 2. The minimum absolute atomic E-state index is 0.406. The van der Waals surface area contributed by atoms with Gasteiger partial charge in [0, 0.05) is 32.2 Å². The minimum Gasteiger partial charge on any atom is -0.497 e. The van der Waals surface area contributed by atoms with E-state index < -0.39 is 0 Å². The third-order valence-corrected chi connectivity index (χ3v) is 4.03. The molecule has 0 N–H and O–H groups in total. The van der Waals surface area contributed by atoms with Crippen LogP contribution in [0.5, 0.6) is 5.75 Å². The molecular weight excluding hydrogens is 276 g/mol. The zero-order valence-electron chi connectivity index (χ0n) is 11.8. The number of hydrogen-bond acceptors (Lipinski definition) is 4. The number of piperazine rings is 1. The fourth-order valence-electron chi connectivity index (χ4n) is 2.62. The van der Waals surface area contributed by atoms with Crippen molar-refractivity contribution < 1.29 is 4.74 Å². The molecule has 0 amide bonds. The van der Waals surface area contributed by atoms with Crippen LogP contribution in [0, 0.1) is 0 Å². The van der Waals surface area contributed by atoms with Gasteiger partial charge in [0.25, 0.3) is 0 Å². The molecule has 20 heavy (non-hydrogen) atoms. The van der Waals surface area contributed by atoms with E-state index in [9.17, 15) is 0 Å². The number of benzene rings is 1. The number of fused-ring (bicyclic) bond motifs is 1. The number of halogens is 1. The van der Waals surface area contributed by atoms with Crippen LogP contribution < -0.4 is 9.75 Å². The number of likely N-dealkylation sites (N-methyl/N-ethyl adjacent to an activating group) is 1. The first-order valence-corrected chi connectivity index (χ1v) is 7.31. The second-order valence-corrected chi connectivity index (χ2v) is 5.35. The normalized spacial score (nSPS) is 16.9. The Kier molecular flexibility index (Phi) is 3.72. The molecule has 0 bridgehead atoms. The lowest BCUT2D eigenvalue weighted by Gasteiger charge is -2.35. The summed E-state index contributed by atoms with van der Waals surface area (Å²) < 4.78 is 7.42. The summed E-state index contributed by atoms with van der Waals surface area (Å²) in [5.41, 5.74) is 2.02. The number of ether oxygens (including phenoxy) is 1. The summed E-state index contributed by atoms with van der Waals surface area (Å²) in [6.45, 7) is 4.07. The van der Waals surface area contributed by atoms with Gasteiger partial charge in [-0.2, -0.15) is 0 Å². The molecule has 1 saturated heterocycles. The van der Waals surface area contributed by atoms with E-state index in [1.807, 2.05) is 12.1 Å². The van der Waals surface area contributed by atoms with Gasteiger partial charge in [-0.25, -0.2) is 9.66 Å². The number of imidazole rings is 1. The Morgan fingerprint density at radius 2 is 2.00 bits per heavy atom. The van der Waals surface area contributed by atoms with Crippen LogP contribution in [0.4, 0.5) is 0 Å². The lowest BCUT2D eigenvalue weighted by atomic mass is 10.3. The van der Waals surface area contributed by atoms with Crippen molar-refractivity contribution in [2.45, 2.75) is 5.88 Å². The topological polar surface area (TPSA) is 33.5 Å². The Labute approximate surface area is 123 Å². The Balaban J connectivity index is 2.04. The molecule has 1 aliphatic heterocycles. The van der Waals surface area contributed by atoms with Crippen molar-refractivity contribution in [3.05, 3.63) is 24.0 Å². The van der Waals surface area contributed by atoms with Crippen molar-refractivity contribution >= 4 is 22.6 Å². The maximum Gasteiger partial charge on any atom is 0.143 e. The molecule has 0 spiro atoms. The highest BCUT2D eigenvalue weighted by atomic mass is 35.5. The van der Waals surface area contributed by atoms with Crippen molar-refractivity contribution in [2.75, 3.05) is 45.3 Å². The Morgan fingerprint density at radius 1 is 1.25 bits per heavy atom. The van der Waals surface area contributed by atoms with Gasteiger partial charge < -0.3 is 14.6 Å². The monoisotopic (exact) mass is 294 g/mol. The Hall–Kier alpha value is -1.46. The third-order valence-electron chi connectivity index (χ3n) is 3.79. The van der Waals surface area contributed by atoms with E-state index >= 15 is 0 Å². The molecule has 3 rings (SSSR count). The van der Waals surface area contributed by atoms with E-state index in [1.54, 1.807) is 7.11 Å². The summed E-state index contributed by atoms with van der Waals surface area (Å²) in [6, 6.07) is 5.97. The van der Waals surface area contributed by atoms with Crippen LogP contribution in [0.25, 0.3) is 11.0 Å². The Morgan fingerprint density at radius 3 is 2.65 bits per heavy atom. The zero-order chi connectivity index (χ0) is 14.1. The average molecular weight is 295 g/mol. The van der Waals surface area contributed by atoms with Crippen LogP contribution in [-0.4, -0.2) is 54.9 Å². The lowest BCUT2D eigenvalue weighted by Crippen LogP contribution is -2.50. The van der Waals surface area contributed by atoms with E-state index in [2.05, 4.69) is 32.7 Å². The van der Waals surface area contributed by atoms with Crippen molar-refractivity contribution in [1.29, 1.82) is 0 Å². The predicted octanol–water partition coefficient (Wildman–Crippen LogP) is 1.67. The zero-order valence-corrected chi connectivity index (χ0v) is 12.6. The Bertz CT molecular complexity index is 604. The average Bonchev–Trinajstić information content (AvgIpc) is 2.85. The van der Waals surface area contributed by atoms with Gasteiger partial charge in [0.1, 0.15) is 11.6 Å². The first-order chi connectivity index (χ1) is 9.72. The van der Waals surface area contributed by atoms with Gasteiger partial charge >= 0.3 is 0 Å². The number of methoxy groups -OCH3 is 1. The van der Waals surface area contributed by atoms with Crippen LogP contribution in [0.1, 0.15) is 5.82 Å².